The van der Waals surface area contributed by atoms with Crippen molar-refractivity contribution < 1.29 is 4.74 Å². The van der Waals surface area contributed by atoms with Gasteiger partial charge in [0.15, 0.2) is 0 Å². The van der Waals surface area contributed by atoms with Gasteiger partial charge in [0.25, 0.3) is 0 Å². The molecule has 0 bridgehead atoms. The first-order chi connectivity index (χ1) is 14.3. The lowest BCUT2D eigenvalue weighted by atomic mass is 9.68. The van der Waals surface area contributed by atoms with Gasteiger partial charge in [0.1, 0.15) is 0 Å². The van der Waals surface area contributed by atoms with Crippen LogP contribution in [0.1, 0.15) is 94.6 Å². The molecule has 29 heavy (non-hydrogen) atoms. The van der Waals surface area contributed by atoms with Crippen LogP contribution in [0.3, 0.4) is 0 Å². The Bertz CT molecular complexity index is 598. The summed E-state index contributed by atoms with van der Waals surface area (Å²) in [6, 6.07) is 9.25. The molecule has 0 aliphatic heterocycles. The third kappa shape index (κ3) is 7.14. The summed E-state index contributed by atoms with van der Waals surface area (Å²) in [5, 5.41) is 0. The molecule has 160 valence electrons. The van der Waals surface area contributed by atoms with Crippen LogP contribution in [0.5, 0.6) is 0 Å². The normalized spacial score (nSPS) is 27.9. The van der Waals surface area contributed by atoms with Gasteiger partial charge in [0.05, 0.1) is 13.2 Å². The molecule has 1 heteroatoms. The maximum Gasteiger partial charge on any atom is 0.0721 e. The van der Waals surface area contributed by atoms with Gasteiger partial charge in [-0.15, -0.1) is 6.58 Å². The molecule has 0 saturated heterocycles. The minimum atomic E-state index is 0.707. The van der Waals surface area contributed by atoms with E-state index in [0.717, 1.165) is 23.7 Å². The molecule has 2 aliphatic carbocycles. The lowest BCUT2D eigenvalue weighted by Crippen LogP contribution is -2.25. The summed E-state index contributed by atoms with van der Waals surface area (Å²) < 4.78 is 5.67. The van der Waals surface area contributed by atoms with Crippen LogP contribution in [0, 0.1) is 17.8 Å². The summed E-state index contributed by atoms with van der Waals surface area (Å²) >= 11 is 0. The van der Waals surface area contributed by atoms with E-state index >= 15 is 0 Å². The summed E-state index contributed by atoms with van der Waals surface area (Å²) in [6.07, 6.45) is 21.8. The minimum Gasteiger partial charge on any atom is -0.373 e. The molecule has 2 aliphatic rings. The van der Waals surface area contributed by atoms with Gasteiger partial charge in [0, 0.05) is 0 Å². The Balaban J connectivity index is 1.37. The Morgan fingerprint density at radius 3 is 2.21 bits per heavy atom. The van der Waals surface area contributed by atoms with E-state index in [-0.39, 0.29) is 0 Å². The summed E-state index contributed by atoms with van der Waals surface area (Å²) in [5.74, 6) is 3.80. The van der Waals surface area contributed by atoms with Crippen LogP contribution in [-0.2, 0) is 11.3 Å². The van der Waals surface area contributed by atoms with Crippen molar-refractivity contribution in [1.29, 1.82) is 0 Å². The zero-order valence-corrected chi connectivity index (χ0v) is 18.7. The van der Waals surface area contributed by atoms with Crippen molar-refractivity contribution in [3.05, 3.63) is 60.2 Å². The van der Waals surface area contributed by atoms with Gasteiger partial charge in [0.2, 0.25) is 0 Å². The van der Waals surface area contributed by atoms with Crippen molar-refractivity contribution in [1.82, 2.24) is 0 Å². The molecule has 0 heterocycles. The second-order valence-corrected chi connectivity index (χ2v) is 9.44. The second-order valence-electron chi connectivity index (χ2n) is 9.44. The smallest absolute Gasteiger partial charge is 0.0721 e. The Morgan fingerprint density at radius 1 is 0.931 bits per heavy atom. The molecular formula is C28H42O. The summed E-state index contributed by atoms with van der Waals surface area (Å²) in [7, 11) is 0. The predicted molar refractivity (Wildman–Crippen MR) is 125 cm³/mol. The molecule has 0 N–H and O–H groups in total. The van der Waals surface area contributed by atoms with E-state index in [0.29, 0.717) is 13.2 Å². The maximum absolute atomic E-state index is 5.67. The van der Waals surface area contributed by atoms with Gasteiger partial charge in [-0.1, -0.05) is 61.8 Å². The fourth-order valence-corrected chi connectivity index (χ4v) is 5.65. The fraction of sp³-hybridized carbons (Fsp3) is 0.643. The van der Waals surface area contributed by atoms with Crippen molar-refractivity contribution in [3.63, 3.8) is 0 Å². The first-order valence-corrected chi connectivity index (χ1v) is 12.2. The highest BCUT2D eigenvalue weighted by Crippen LogP contribution is 2.44. The third-order valence-electron chi connectivity index (χ3n) is 7.52. The highest BCUT2D eigenvalue weighted by atomic mass is 16.5. The lowest BCUT2D eigenvalue weighted by Gasteiger charge is -2.38. The number of rotatable bonds is 10. The van der Waals surface area contributed by atoms with Crippen LogP contribution in [0.2, 0.25) is 0 Å². The van der Waals surface area contributed by atoms with E-state index in [1.165, 1.54) is 76.2 Å². The van der Waals surface area contributed by atoms with Crippen LogP contribution in [-0.4, -0.2) is 6.61 Å². The molecule has 2 fully saturated rings. The second kappa shape index (κ2) is 12.4. The Labute approximate surface area is 179 Å². The number of hydrogen-bond acceptors (Lipinski definition) is 1. The first-order valence-electron chi connectivity index (χ1n) is 12.2. The topological polar surface area (TPSA) is 9.23 Å². The molecule has 0 spiro atoms. The summed E-state index contributed by atoms with van der Waals surface area (Å²) in [4.78, 5) is 0. The Morgan fingerprint density at radius 2 is 1.59 bits per heavy atom. The van der Waals surface area contributed by atoms with Gasteiger partial charge >= 0.3 is 0 Å². The van der Waals surface area contributed by atoms with Crippen LogP contribution >= 0.6 is 0 Å². The number of unbranched alkanes of at least 4 members (excludes halogenated alkanes) is 1. The molecule has 1 nitrogen and oxygen atoms in total. The average Bonchev–Trinajstić information content (AvgIpc) is 2.78. The zero-order valence-electron chi connectivity index (χ0n) is 18.7. The molecule has 0 atom stereocenters. The zero-order chi connectivity index (χ0) is 20.3. The standard InChI is InChI=1S/C28H42O/c1-3-5-7-8-23-9-13-25(14-10-23)27-17-19-28(20-18-27)26-15-11-24(12-16-26)22-29-21-6-4-2/h3-4,6,11-12,15-16,23,25,27-28H,1,5,7-10,13-14,17-22H2,2H3/t23-,25-,27-,28-. The number of ether oxygens (including phenoxy) is 1. The Hall–Kier alpha value is -1.34. The number of benzene rings is 1. The molecule has 1 aromatic rings. The van der Waals surface area contributed by atoms with Gasteiger partial charge in [-0.25, -0.2) is 0 Å². The third-order valence-corrected chi connectivity index (χ3v) is 7.52. The molecule has 2 saturated carbocycles. The van der Waals surface area contributed by atoms with Crippen molar-refractivity contribution in [2.24, 2.45) is 17.8 Å². The molecule has 3 rings (SSSR count). The highest BCUT2D eigenvalue weighted by Gasteiger charge is 2.31. The van der Waals surface area contributed by atoms with Gasteiger partial charge in [-0.2, -0.15) is 0 Å². The maximum atomic E-state index is 5.67. The highest BCUT2D eigenvalue weighted by molar-refractivity contribution is 5.25. The quantitative estimate of drug-likeness (QED) is 0.287. The van der Waals surface area contributed by atoms with Crippen molar-refractivity contribution >= 4 is 0 Å². The van der Waals surface area contributed by atoms with E-state index in [1.807, 2.05) is 13.0 Å². The van der Waals surface area contributed by atoms with E-state index in [1.54, 1.807) is 5.56 Å². The molecule has 0 unspecified atom stereocenters. The van der Waals surface area contributed by atoms with E-state index in [4.69, 9.17) is 4.74 Å². The lowest BCUT2D eigenvalue weighted by molar-refractivity contribution is 0.148. The van der Waals surface area contributed by atoms with Gasteiger partial charge in [-0.3, -0.25) is 0 Å². The van der Waals surface area contributed by atoms with E-state index in [2.05, 4.69) is 43.0 Å². The SMILES string of the molecule is C=CCCC[C@H]1CC[C@H]([C@H]2CC[C@H](c3ccc(COCC=CC)cc3)CC2)CC1. The molecule has 0 amide bonds. The van der Waals surface area contributed by atoms with E-state index in [9.17, 15) is 0 Å². The number of allylic oxidation sites excluding steroid dienone is 2. The van der Waals surface area contributed by atoms with Crippen molar-refractivity contribution in [3.8, 4) is 0 Å². The predicted octanol–water partition coefficient (Wildman–Crippen LogP) is 8.22. The van der Waals surface area contributed by atoms with Crippen LogP contribution in [0.25, 0.3) is 0 Å². The monoisotopic (exact) mass is 394 g/mol. The first kappa shape index (κ1) is 22.3. The fourth-order valence-electron chi connectivity index (χ4n) is 5.65. The van der Waals surface area contributed by atoms with Crippen molar-refractivity contribution in [2.45, 2.75) is 90.1 Å². The largest absolute Gasteiger partial charge is 0.373 e. The van der Waals surface area contributed by atoms with E-state index < -0.39 is 0 Å². The minimum absolute atomic E-state index is 0.707. The molecular weight excluding hydrogens is 352 g/mol. The van der Waals surface area contributed by atoms with Crippen LogP contribution in [0.15, 0.2) is 49.1 Å². The average molecular weight is 395 g/mol. The summed E-state index contributed by atoms with van der Waals surface area (Å²) in [5.41, 5.74) is 2.84. The van der Waals surface area contributed by atoms with Gasteiger partial charge < -0.3 is 4.74 Å². The van der Waals surface area contributed by atoms with Crippen molar-refractivity contribution in [2.75, 3.05) is 6.61 Å². The Kier molecular flexibility index (Phi) is 9.54. The molecule has 1 aromatic carbocycles. The molecule has 0 aromatic heterocycles. The van der Waals surface area contributed by atoms with Crippen LogP contribution < -0.4 is 0 Å². The summed E-state index contributed by atoms with van der Waals surface area (Å²) in [6.45, 7) is 7.31. The van der Waals surface area contributed by atoms with Gasteiger partial charge in [-0.05, 0) is 93.1 Å². The van der Waals surface area contributed by atoms with Crippen LogP contribution in [0.4, 0.5) is 0 Å². The molecule has 0 radical (unpaired) electrons. The number of hydrogen-bond donors (Lipinski definition) is 0.